The van der Waals surface area contributed by atoms with Crippen molar-refractivity contribution in [2.75, 3.05) is 7.11 Å². The van der Waals surface area contributed by atoms with Crippen molar-refractivity contribution >= 4 is 21.6 Å². The van der Waals surface area contributed by atoms with E-state index in [1.54, 1.807) is 11.4 Å². The van der Waals surface area contributed by atoms with Gasteiger partial charge in [-0.3, -0.25) is 9.36 Å². The molecule has 3 heterocycles. The summed E-state index contributed by atoms with van der Waals surface area (Å²) in [7, 11) is 1.33. The zero-order valence-electron chi connectivity index (χ0n) is 14.3. The van der Waals surface area contributed by atoms with Crippen molar-refractivity contribution in [2.24, 2.45) is 0 Å². The summed E-state index contributed by atoms with van der Waals surface area (Å²) in [5.74, 6) is 0.411. The van der Waals surface area contributed by atoms with Gasteiger partial charge in [-0.25, -0.2) is 4.98 Å². The normalized spacial score (nSPS) is 11.3. The molecule has 0 saturated carbocycles. The zero-order chi connectivity index (χ0) is 19.7. The Labute approximate surface area is 160 Å². The molecular formula is C17H12F2N4O4S. The first-order chi connectivity index (χ1) is 13.5. The zero-order valence-corrected chi connectivity index (χ0v) is 15.2. The maximum absolute atomic E-state index is 12.4. The van der Waals surface area contributed by atoms with E-state index < -0.39 is 6.61 Å². The fourth-order valence-corrected chi connectivity index (χ4v) is 3.31. The van der Waals surface area contributed by atoms with Crippen LogP contribution in [0.1, 0.15) is 5.89 Å². The highest BCUT2D eigenvalue weighted by Gasteiger charge is 2.16. The lowest BCUT2D eigenvalue weighted by atomic mass is 10.2. The lowest BCUT2D eigenvalue weighted by molar-refractivity contribution is -0.0512. The molecule has 28 heavy (non-hydrogen) atoms. The highest BCUT2D eigenvalue weighted by Crippen LogP contribution is 2.32. The SMILES string of the molecule is COc1cc(-c2noc(Cn3cnc4sccc4c3=O)n2)ccc1OC(F)F. The Bertz CT molecular complexity index is 1190. The Kier molecular flexibility index (Phi) is 4.74. The van der Waals surface area contributed by atoms with Gasteiger partial charge in [0.05, 0.1) is 18.8 Å². The van der Waals surface area contributed by atoms with Crippen LogP contribution in [0.3, 0.4) is 0 Å². The number of hydrogen-bond acceptors (Lipinski definition) is 8. The summed E-state index contributed by atoms with van der Waals surface area (Å²) in [4.78, 5) is 21.5. The second-order valence-electron chi connectivity index (χ2n) is 5.57. The van der Waals surface area contributed by atoms with E-state index in [2.05, 4.69) is 19.9 Å². The number of benzene rings is 1. The first-order valence-corrected chi connectivity index (χ1v) is 8.81. The number of alkyl halides is 2. The molecule has 3 aromatic heterocycles. The van der Waals surface area contributed by atoms with Crippen molar-refractivity contribution in [1.82, 2.24) is 19.7 Å². The summed E-state index contributed by atoms with van der Waals surface area (Å²) in [5, 5.41) is 6.18. The number of halogens is 2. The number of aromatic nitrogens is 4. The number of fused-ring (bicyclic) bond motifs is 1. The third-order valence-corrected chi connectivity index (χ3v) is 4.68. The Morgan fingerprint density at radius 3 is 2.93 bits per heavy atom. The van der Waals surface area contributed by atoms with Gasteiger partial charge < -0.3 is 14.0 Å². The minimum Gasteiger partial charge on any atom is -0.493 e. The van der Waals surface area contributed by atoms with Crippen LogP contribution in [0.4, 0.5) is 8.78 Å². The molecule has 0 fully saturated rings. The second kappa shape index (κ2) is 7.35. The van der Waals surface area contributed by atoms with Crippen molar-refractivity contribution in [3.8, 4) is 22.9 Å². The molecule has 0 aliphatic carbocycles. The van der Waals surface area contributed by atoms with E-state index in [1.807, 2.05) is 0 Å². The first-order valence-electron chi connectivity index (χ1n) is 7.93. The maximum Gasteiger partial charge on any atom is 0.387 e. The highest BCUT2D eigenvalue weighted by molar-refractivity contribution is 7.16. The number of nitrogens with zero attached hydrogens (tertiary/aromatic N) is 4. The van der Waals surface area contributed by atoms with Gasteiger partial charge in [-0.1, -0.05) is 5.16 Å². The molecule has 1 aromatic carbocycles. The fraction of sp³-hybridized carbons (Fsp3) is 0.176. The van der Waals surface area contributed by atoms with E-state index in [4.69, 9.17) is 9.26 Å². The molecular weight excluding hydrogens is 394 g/mol. The second-order valence-corrected chi connectivity index (χ2v) is 6.47. The molecule has 11 heteroatoms. The van der Waals surface area contributed by atoms with E-state index >= 15 is 0 Å². The summed E-state index contributed by atoms with van der Waals surface area (Å²) in [6, 6.07) is 5.99. The van der Waals surface area contributed by atoms with Crippen LogP contribution in [-0.4, -0.2) is 33.4 Å². The largest absolute Gasteiger partial charge is 0.493 e. The van der Waals surface area contributed by atoms with Crippen molar-refractivity contribution in [3.05, 3.63) is 52.2 Å². The molecule has 0 N–H and O–H groups in total. The van der Waals surface area contributed by atoms with Gasteiger partial charge in [0.2, 0.25) is 11.7 Å². The van der Waals surface area contributed by atoms with Gasteiger partial charge in [0.15, 0.2) is 11.5 Å². The molecule has 144 valence electrons. The van der Waals surface area contributed by atoms with Crippen LogP contribution in [0.2, 0.25) is 0 Å². The van der Waals surface area contributed by atoms with E-state index in [0.717, 1.165) is 0 Å². The molecule has 0 radical (unpaired) electrons. The van der Waals surface area contributed by atoms with Crippen molar-refractivity contribution < 1.29 is 22.8 Å². The topological polar surface area (TPSA) is 92.3 Å². The van der Waals surface area contributed by atoms with Gasteiger partial charge >= 0.3 is 6.61 Å². The van der Waals surface area contributed by atoms with E-state index in [-0.39, 0.29) is 35.3 Å². The van der Waals surface area contributed by atoms with Gasteiger partial charge in [-0.2, -0.15) is 13.8 Å². The Morgan fingerprint density at radius 2 is 2.14 bits per heavy atom. The van der Waals surface area contributed by atoms with Crippen LogP contribution in [0.25, 0.3) is 21.6 Å². The minimum absolute atomic E-state index is 0.0499. The van der Waals surface area contributed by atoms with Crippen LogP contribution in [0.15, 0.2) is 45.3 Å². The lowest BCUT2D eigenvalue weighted by Crippen LogP contribution is -2.20. The predicted octanol–water partition coefficient (Wildman–Crippen LogP) is 3.17. The molecule has 4 aromatic rings. The van der Waals surface area contributed by atoms with Crippen LogP contribution in [0, 0.1) is 0 Å². The summed E-state index contributed by atoms with van der Waals surface area (Å²) in [5.41, 5.74) is 0.272. The van der Waals surface area contributed by atoms with E-state index in [0.29, 0.717) is 15.8 Å². The number of ether oxygens (including phenoxy) is 2. The molecule has 8 nitrogen and oxygen atoms in total. The van der Waals surface area contributed by atoms with E-state index in [1.165, 1.54) is 47.5 Å². The monoisotopic (exact) mass is 406 g/mol. The van der Waals surface area contributed by atoms with Gasteiger partial charge in [0.1, 0.15) is 11.4 Å². The molecule has 0 atom stereocenters. The molecule has 0 spiro atoms. The average Bonchev–Trinajstić information content (AvgIpc) is 3.34. The van der Waals surface area contributed by atoms with Gasteiger partial charge in [0, 0.05) is 5.56 Å². The molecule has 0 unspecified atom stereocenters. The highest BCUT2D eigenvalue weighted by atomic mass is 32.1. The van der Waals surface area contributed by atoms with Crippen LogP contribution in [0.5, 0.6) is 11.5 Å². The van der Waals surface area contributed by atoms with Gasteiger partial charge in [0.25, 0.3) is 5.56 Å². The molecule has 4 rings (SSSR count). The Morgan fingerprint density at radius 1 is 1.29 bits per heavy atom. The predicted molar refractivity (Wildman–Crippen MR) is 95.9 cm³/mol. The third-order valence-electron chi connectivity index (χ3n) is 3.86. The maximum atomic E-state index is 12.4. The van der Waals surface area contributed by atoms with Gasteiger partial charge in [-0.05, 0) is 29.6 Å². The summed E-state index contributed by atoms with van der Waals surface area (Å²) in [6.45, 7) is -2.92. The van der Waals surface area contributed by atoms with Crippen LogP contribution < -0.4 is 15.0 Å². The van der Waals surface area contributed by atoms with Crippen molar-refractivity contribution in [1.29, 1.82) is 0 Å². The van der Waals surface area contributed by atoms with Crippen LogP contribution in [-0.2, 0) is 6.54 Å². The van der Waals surface area contributed by atoms with Crippen molar-refractivity contribution in [2.45, 2.75) is 13.2 Å². The molecule has 0 aliphatic heterocycles. The Hall–Kier alpha value is -3.34. The number of rotatable bonds is 6. The van der Waals surface area contributed by atoms with Crippen LogP contribution >= 0.6 is 11.3 Å². The number of methoxy groups -OCH3 is 1. The first kappa shape index (κ1) is 18.0. The molecule has 0 amide bonds. The summed E-state index contributed by atoms with van der Waals surface area (Å²) in [6.07, 6.45) is 1.42. The molecule has 0 bridgehead atoms. The Balaban J connectivity index is 1.60. The van der Waals surface area contributed by atoms with Crippen molar-refractivity contribution in [3.63, 3.8) is 0 Å². The standard InChI is InChI=1S/C17H12F2N4O4S/c1-25-12-6-9(2-3-11(12)26-17(18)19)14-21-13(27-22-14)7-23-8-20-15-10(16(23)24)4-5-28-15/h2-6,8,17H,7H2,1H3. The summed E-state index contributed by atoms with van der Waals surface area (Å²) >= 11 is 1.38. The summed E-state index contributed by atoms with van der Waals surface area (Å²) < 4.78 is 40.9. The van der Waals surface area contributed by atoms with E-state index in [9.17, 15) is 13.6 Å². The number of thiophene rings is 1. The minimum atomic E-state index is -2.97. The molecule has 0 aliphatic rings. The van der Waals surface area contributed by atoms with Gasteiger partial charge in [-0.15, -0.1) is 11.3 Å². The number of hydrogen-bond donors (Lipinski definition) is 0. The fourth-order valence-electron chi connectivity index (χ4n) is 2.59. The quantitative estimate of drug-likeness (QED) is 0.486. The lowest BCUT2D eigenvalue weighted by Gasteiger charge is -2.10. The third kappa shape index (κ3) is 3.43. The molecule has 0 saturated heterocycles. The smallest absolute Gasteiger partial charge is 0.387 e. The average molecular weight is 406 g/mol.